The van der Waals surface area contributed by atoms with Crippen LogP contribution >= 0.6 is 0 Å². The Balaban J connectivity index is 2.32. The number of ether oxygens (including phenoxy) is 2. The van der Waals surface area contributed by atoms with E-state index >= 15 is 0 Å². The number of hydrogen-bond donors (Lipinski definition) is 5. The number of carbonyl (C=O) groups excluding carboxylic acids is 1. The average Bonchev–Trinajstić information content (AvgIpc) is 3.31. The molecule has 0 aromatic carbocycles. The molecule has 1 heterocycles. The van der Waals surface area contributed by atoms with Crippen LogP contribution in [0.5, 0.6) is 0 Å². The summed E-state index contributed by atoms with van der Waals surface area (Å²) >= 11 is 0. The van der Waals surface area contributed by atoms with Gasteiger partial charge < -0.3 is 35.2 Å². The largest absolute Gasteiger partial charge is 0.394 e. The molecule has 5 N–H and O–H groups in total. The molecule has 0 saturated carbocycles. The second-order valence-electron chi connectivity index (χ2n) is 13.6. The normalized spacial score (nSPS) is 21.3. The highest BCUT2D eigenvalue weighted by Gasteiger charge is 2.43. The van der Waals surface area contributed by atoms with E-state index in [-0.39, 0.29) is 12.5 Å². The number of rotatable bonds is 32. The molecule has 268 valence electrons. The Morgan fingerprint density at radius 2 is 1.09 bits per heavy atom. The zero-order valence-electron chi connectivity index (χ0n) is 29.3. The van der Waals surface area contributed by atoms with Crippen molar-refractivity contribution in [3.8, 4) is 0 Å². The van der Waals surface area contributed by atoms with Crippen LogP contribution < -0.4 is 5.32 Å². The number of nitrogens with one attached hydrogen (secondary N) is 1. The van der Waals surface area contributed by atoms with Gasteiger partial charge >= 0.3 is 0 Å². The molecule has 0 aliphatic carbocycles. The van der Waals surface area contributed by atoms with Crippen molar-refractivity contribution in [3.63, 3.8) is 0 Å². The molecule has 1 aliphatic heterocycles. The summed E-state index contributed by atoms with van der Waals surface area (Å²) in [5, 5.41) is 43.6. The van der Waals surface area contributed by atoms with Crippen molar-refractivity contribution in [1.82, 2.24) is 5.32 Å². The minimum absolute atomic E-state index is 0.0454. The quantitative estimate of drug-likeness (QED) is 0.0481. The zero-order chi connectivity index (χ0) is 33.0. The van der Waals surface area contributed by atoms with Gasteiger partial charge in [0.2, 0.25) is 5.91 Å². The van der Waals surface area contributed by atoms with Gasteiger partial charge in [0.15, 0.2) is 6.29 Å². The van der Waals surface area contributed by atoms with E-state index in [1.54, 1.807) is 0 Å². The van der Waals surface area contributed by atoms with Gasteiger partial charge in [-0.05, 0) is 12.8 Å². The van der Waals surface area contributed by atoms with Crippen molar-refractivity contribution < 1.29 is 34.7 Å². The maximum Gasteiger partial charge on any atom is 0.220 e. The van der Waals surface area contributed by atoms with Crippen LogP contribution in [-0.4, -0.2) is 76.3 Å². The number of hydrogen-bond acceptors (Lipinski definition) is 7. The first kappa shape index (κ1) is 42.3. The maximum atomic E-state index is 12.8. The molecule has 8 nitrogen and oxygen atoms in total. The predicted octanol–water partition coefficient (Wildman–Crippen LogP) is 7.47. The Bertz CT molecular complexity index is 667. The molecule has 45 heavy (non-hydrogen) atoms. The average molecular weight is 644 g/mol. The number of unbranched alkanes of at least 4 members (excludes halogenated alkanes) is 22. The molecule has 0 radical (unpaired) electrons. The Labute approximate surface area is 276 Å². The standard InChI is InChI=1S/C37H73NO7/c1-3-5-7-9-11-13-15-16-18-19-21-23-25-27-32(40)31(30-44-37-36(43)35(42)33(29-39)45-37)38-34(41)28-26-24-22-20-17-14-12-10-8-6-4-2/h31-33,35-37,39-40,42-43H,3-30H2,1-2H3,(H,38,41)/t31-,32+,33+,35-,36+,37-/m0/s1. The summed E-state index contributed by atoms with van der Waals surface area (Å²) in [6.07, 6.45) is 25.4. The van der Waals surface area contributed by atoms with E-state index in [9.17, 15) is 25.2 Å². The third kappa shape index (κ3) is 21.7. The van der Waals surface area contributed by atoms with Gasteiger partial charge in [-0.15, -0.1) is 0 Å². The van der Waals surface area contributed by atoms with Crippen LogP contribution in [0.15, 0.2) is 0 Å². The van der Waals surface area contributed by atoms with Gasteiger partial charge in [0, 0.05) is 6.42 Å². The van der Waals surface area contributed by atoms with Gasteiger partial charge in [0.05, 0.1) is 25.4 Å². The van der Waals surface area contributed by atoms with Gasteiger partial charge in [0.1, 0.15) is 18.3 Å². The van der Waals surface area contributed by atoms with Crippen LogP contribution in [0.2, 0.25) is 0 Å². The lowest BCUT2D eigenvalue weighted by atomic mass is 10.0. The van der Waals surface area contributed by atoms with Gasteiger partial charge in [-0.25, -0.2) is 0 Å². The van der Waals surface area contributed by atoms with Gasteiger partial charge in [0.25, 0.3) is 0 Å². The fourth-order valence-corrected chi connectivity index (χ4v) is 6.25. The Morgan fingerprint density at radius 3 is 1.51 bits per heavy atom. The molecule has 0 aromatic heterocycles. The summed E-state index contributed by atoms with van der Waals surface area (Å²) in [5.41, 5.74) is 0. The summed E-state index contributed by atoms with van der Waals surface area (Å²) in [6, 6.07) is -0.636. The highest BCUT2D eigenvalue weighted by Crippen LogP contribution is 2.23. The van der Waals surface area contributed by atoms with Crippen molar-refractivity contribution >= 4 is 5.91 Å². The number of carbonyl (C=O) groups is 1. The van der Waals surface area contributed by atoms with E-state index in [0.717, 1.165) is 38.5 Å². The molecule has 1 aliphatic rings. The molecule has 1 rings (SSSR count). The zero-order valence-corrected chi connectivity index (χ0v) is 29.3. The molecule has 0 aromatic rings. The highest BCUT2D eigenvalue weighted by molar-refractivity contribution is 5.76. The Kier molecular flexibility index (Phi) is 27.6. The lowest BCUT2D eigenvalue weighted by Gasteiger charge is -2.26. The fourth-order valence-electron chi connectivity index (χ4n) is 6.25. The van der Waals surface area contributed by atoms with E-state index in [1.807, 2.05) is 0 Å². The van der Waals surface area contributed by atoms with Gasteiger partial charge in [-0.1, -0.05) is 162 Å². The van der Waals surface area contributed by atoms with E-state index in [1.165, 1.54) is 116 Å². The molecule has 1 fully saturated rings. The monoisotopic (exact) mass is 644 g/mol. The summed E-state index contributed by atoms with van der Waals surface area (Å²) < 4.78 is 11.1. The molecular weight excluding hydrogens is 570 g/mol. The summed E-state index contributed by atoms with van der Waals surface area (Å²) in [7, 11) is 0. The second kappa shape index (κ2) is 29.4. The molecule has 0 bridgehead atoms. The van der Waals surface area contributed by atoms with E-state index in [4.69, 9.17) is 9.47 Å². The summed E-state index contributed by atoms with van der Waals surface area (Å²) in [5.74, 6) is -0.106. The van der Waals surface area contributed by atoms with E-state index in [2.05, 4.69) is 19.2 Å². The third-order valence-corrected chi connectivity index (χ3v) is 9.36. The topological polar surface area (TPSA) is 128 Å². The Morgan fingerprint density at radius 1 is 0.667 bits per heavy atom. The van der Waals surface area contributed by atoms with Crippen LogP contribution in [0, 0.1) is 0 Å². The minimum Gasteiger partial charge on any atom is -0.394 e. The van der Waals surface area contributed by atoms with Crippen molar-refractivity contribution in [3.05, 3.63) is 0 Å². The SMILES string of the molecule is CCCCCCCCCCCCCCC[C@@H](O)[C@H](CO[C@H]1O[C@H](CO)[C@H](O)[C@H]1O)NC(=O)CCCCCCCCCCCCC. The number of aliphatic hydroxyl groups is 4. The van der Waals surface area contributed by atoms with Crippen LogP contribution in [0.1, 0.15) is 181 Å². The first-order chi connectivity index (χ1) is 21.9. The molecule has 6 atom stereocenters. The molecule has 0 spiro atoms. The second-order valence-corrected chi connectivity index (χ2v) is 13.6. The molecule has 0 unspecified atom stereocenters. The Hall–Kier alpha value is -0.770. The van der Waals surface area contributed by atoms with Crippen molar-refractivity contribution in [1.29, 1.82) is 0 Å². The summed E-state index contributed by atoms with van der Waals surface area (Å²) in [4.78, 5) is 12.8. The first-order valence-electron chi connectivity index (χ1n) is 19.2. The van der Waals surface area contributed by atoms with Crippen LogP contribution in [-0.2, 0) is 14.3 Å². The molecular formula is C37H73NO7. The van der Waals surface area contributed by atoms with Crippen molar-refractivity contribution in [2.24, 2.45) is 0 Å². The number of aliphatic hydroxyl groups excluding tert-OH is 4. The predicted molar refractivity (Wildman–Crippen MR) is 183 cm³/mol. The van der Waals surface area contributed by atoms with E-state index in [0.29, 0.717) is 12.8 Å². The molecule has 1 saturated heterocycles. The van der Waals surface area contributed by atoms with Crippen molar-refractivity contribution in [2.75, 3.05) is 13.2 Å². The fraction of sp³-hybridized carbons (Fsp3) is 0.973. The lowest BCUT2D eigenvalue weighted by molar-refractivity contribution is -0.177. The molecule has 1 amide bonds. The smallest absolute Gasteiger partial charge is 0.220 e. The maximum absolute atomic E-state index is 12.8. The van der Waals surface area contributed by atoms with Crippen LogP contribution in [0.4, 0.5) is 0 Å². The molecule has 8 heteroatoms. The lowest BCUT2D eigenvalue weighted by Crippen LogP contribution is -2.48. The van der Waals surface area contributed by atoms with Crippen LogP contribution in [0.25, 0.3) is 0 Å². The summed E-state index contributed by atoms with van der Waals surface area (Å²) in [6.45, 7) is 4.02. The third-order valence-electron chi connectivity index (χ3n) is 9.36. The first-order valence-corrected chi connectivity index (χ1v) is 19.2. The number of amides is 1. The van der Waals surface area contributed by atoms with Gasteiger partial charge in [-0.3, -0.25) is 4.79 Å². The minimum atomic E-state index is -1.30. The van der Waals surface area contributed by atoms with Crippen LogP contribution in [0.3, 0.4) is 0 Å². The highest BCUT2D eigenvalue weighted by atomic mass is 16.7. The van der Waals surface area contributed by atoms with Gasteiger partial charge in [-0.2, -0.15) is 0 Å². The van der Waals surface area contributed by atoms with E-state index < -0.39 is 43.4 Å². The van der Waals surface area contributed by atoms with Crippen molar-refractivity contribution in [2.45, 2.75) is 218 Å².